The average molecular weight is 676 g/mol. The molecule has 0 saturated heterocycles. The van der Waals surface area contributed by atoms with Gasteiger partial charge in [0.25, 0.3) is 11.8 Å². The van der Waals surface area contributed by atoms with Gasteiger partial charge in [-0.1, -0.05) is 58.0 Å². The first kappa shape index (κ1) is 36.1. The van der Waals surface area contributed by atoms with Gasteiger partial charge in [-0.25, -0.2) is 9.97 Å². The summed E-state index contributed by atoms with van der Waals surface area (Å²) in [5.74, 6) is -1.19. The second kappa shape index (κ2) is 16.8. The van der Waals surface area contributed by atoms with Crippen molar-refractivity contribution in [1.29, 1.82) is 0 Å². The molecule has 0 spiro atoms. The summed E-state index contributed by atoms with van der Waals surface area (Å²) < 4.78 is 0. The standard InChI is InChI=1S/C31H41N7O4S2.ClH/c1-18(2)13-21(32)31(42)38-12-8-11-33-27(40)23-16-44-30(36-23)26(19(3)4)37-28(41)24-17-43-29(35-24)22(34-25(39)15-38)14-20-9-6-5-7-10-20;/h5-7,9-10,16-19,21-22,26H,8,11-15,32H2,1-4H3,(H,33,40)(H,34,39)(H,37,41);1H/t21-,22?,26-;/m0./s1. The highest BCUT2D eigenvalue weighted by Crippen LogP contribution is 2.27. The summed E-state index contributed by atoms with van der Waals surface area (Å²) in [7, 11) is 0. The van der Waals surface area contributed by atoms with Crippen molar-refractivity contribution in [3.05, 3.63) is 68.1 Å². The molecule has 3 aromatic rings. The van der Waals surface area contributed by atoms with E-state index in [2.05, 4.69) is 25.9 Å². The molecule has 1 aliphatic heterocycles. The van der Waals surface area contributed by atoms with Gasteiger partial charge >= 0.3 is 0 Å². The van der Waals surface area contributed by atoms with Crippen molar-refractivity contribution in [3.8, 4) is 0 Å². The number of thiazole rings is 2. The molecule has 3 heterocycles. The highest BCUT2D eigenvalue weighted by Gasteiger charge is 2.28. The van der Waals surface area contributed by atoms with Gasteiger partial charge in [0.2, 0.25) is 11.8 Å². The molecule has 0 fully saturated rings. The van der Waals surface area contributed by atoms with Gasteiger partial charge in [0.15, 0.2) is 0 Å². The molecule has 1 aliphatic rings. The molecule has 244 valence electrons. The van der Waals surface area contributed by atoms with Crippen molar-refractivity contribution in [2.75, 3.05) is 19.6 Å². The van der Waals surface area contributed by atoms with Crippen LogP contribution in [0.15, 0.2) is 41.1 Å². The van der Waals surface area contributed by atoms with Gasteiger partial charge in [-0.05, 0) is 36.7 Å². The molecule has 0 saturated carbocycles. The van der Waals surface area contributed by atoms with Crippen LogP contribution in [0.25, 0.3) is 0 Å². The lowest BCUT2D eigenvalue weighted by molar-refractivity contribution is -0.137. The monoisotopic (exact) mass is 675 g/mol. The summed E-state index contributed by atoms with van der Waals surface area (Å²) >= 11 is 2.60. The molecule has 4 bridgehead atoms. The van der Waals surface area contributed by atoms with E-state index < -0.39 is 18.1 Å². The number of fused-ring (bicyclic) bond motifs is 4. The summed E-state index contributed by atoms with van der Waals surface area (Å²) in [6.07, 6.45) is 1.35. The number of carbonyl (C=O) groups excluding carboxylic acids is 4. The van der Waals surface area contributed by atoms with E-state index >= 15 is 0 Å². The van der Waals surface area contributed by atoms with Crippen LogP contribution in [0.2, 0.25) is 0 Å². The zero-order valence-corrected chi connectivity index (χ0v) is 28.4. The normalized spacial score (nSPS) is 19.0. The maximum Gasteiger partial charge on any atom is 0.271 e. The lowest BCUT2D eigenvalue weighted by atomic mass is 10.0. The zero-order valence-electron chi connectivity index (χ0n) is 25.9. The lowest BCUT2D eigenvalue weighted by Crippen LogP contribution is -2.49. The van der Waals surface area contributed by atoms with Crippen LogP contribution >= 0.6 is 35.1 Å². The fourth-order valence-electron chi connectivity index (χ4n) is 4.95. The van der Waals surface area contributed by atoms with Gasteiger partial charge in [0.1, 0.15) is 21.4 Å². The summed E-state index contributed by atoms with van der Waals surface area (Å²) in [4.78, 5) is 63.6. The van der Waals surface area contributed by atoms with Crippen molar-refractivity contribution < 1.29 is 19.2 Å². The first-order valence-corrected chi connectivity index (χ1v) is 16.6. The van der Waals surface area contributed by atoms with Crippen LogP contribution in [0, 0.1) is 11.8 Å². The van der Waals surface area contributed by atoms with E-state index in [1.807, 2.05) is 58.0 Å². The molecule has 1 unspecified atom stereocenters. The Balaban J connectivity index is 0.00000552. The Morgan fingerprint density at radius 1 is 0.978 bits per heavy atom. The highest BCUT2D eigenvalue weighted by molar-refractivity contribution is 7.10. The van der Waals surface area contributed by atoms with Gasteiger partial charge in [-0.2, -0.15) is 0 Å². The minimum Gasteiger partial charge on any atom is -0.351 e. The second-order valence-electron chi connectivity index (χ2n) is 11.8. The van der Waals surface area contributed by atoms with Crippen LogP contribution in [0.4, 0.5) is 0 Å². The maximum absolute atomic E-state index is 13.5. The van der Waals surface area contributed by atoms with Crippen LogP contribution in [0.5, 0.6) is 0 Å². The Morgan fingerprint density at radius 3 is 2.29 bits per heavy atom. The Bertz CT molecular complexity index is 1450. The number of halogens is 1. The Hall–Kier alpha value is -3.39. The summed E-state index contributed by atoms with van der Waals surface area (Å²) in [5, 5.41) is 13.5. The smallest absolute Gasteiger partial charge is 0.271 e. The Labute approximate surface area is 278 Å². The number of nitrogens with zero attached hydrogens (tertiary/aromatic N) is 3. The van der Waals surface area contributed by atoms with Crippen LogP contribution < -0.4 is 21.7 Å². The third-order valence-electron chi connectivity index (χ3n) is 7.22. The number of rotatable bonds is 6. The largest absolute Gasteiger partial charge is 0.351 e. The van der Waals surface area contributed by atoms with Crippen molar-refractivity contribution >= 4 is 58.7 Å². The fourth-order valence-corrected chi connectivity index (χ4v) is 6.82. The maximum atomic E-state index is 13.5. The summed E-state index contributed by atoms with van der Waals surface area (Å²) in [5.41, 5.74) is 7.72. The number of nitrogens with one attached hydrogen (secondary N) is 3. The molecule has 1 aromatic carbocycles. The number of benzene rings is 1. The minimum absolute atomic E-state index is 0. The summed E-state index contributed by atoms with van der Waals surface area (Å²) in [6.45, 7) is 8.23. The Kier molecular flexibility index (Phi) is 13.5. The van der Waals surface area contributed by atoms with Crippen molar-refractivity contribution in [2.24, 2.45) is 17.6 Å². The molecular formula is C31H42ClN7O4S2. The van der Waals surface area contributed by atoms with E-state index in [-0.39, 0.29) is 78.9 Å². The SMILES string of the molecule is CC(C)C[C@H](N)C(=O)N1CCCNC(=O)c2csc(n2)[C@H](C(C)C)NC(=O)c2csc(n2)C(Cc2ccccc2)NC(=O)C1.Cl. The molecule has 5 N–H and O–H groups in total. The van der Waals surface area contributed by atoms with Gasteiger partial charge in [0, 0.05) is 23.8 Å². The highest BCUT2D eigenvalue weighted by atomic mass is 35.5. The molecule has 11 nitrogen and oxygen atoms in total. The minimum atomic E-state index is -0.749. The molecule has 4 rings (SSSR count). The molecule has 0 aliphatic carbocycles. The van der Waals surface area contributed by atoms with E-state index in [1.165, 1.54) is 27.6 Å². The molecule has 4 amide bonds. The first-order chi connectivity index (χ1) is 21.0. The molecule has 14 heteroatoms. The molecule has 3 atom stereocenters. The Morgan fingerprint density at radius 2 is 1.62 bits per heavy atom. The predicted octanol–water partition coefficient (Wildman–Crippen LogP) is 3.88. The molecule has 45 heavy (non-hydrogen) atoms. The van der Waals surface area contributed by atoms with Crippen LogP contribution in [0.3, 0.4) is 0 Å². The first-order valence-electron chi connectivity index (χ1n) is 14.9. The van der Waals surface area contributed by atoms with Gasteiger partial charge in [-0.15, -0.1) is 35.1 Å². The quantitative estimate of drug-likeness (QED) is 0.309. The topological polar surface area (TPSA) is 159 Å². The van der Waals surface area contributed by atoms with Gasteiger partial charge in [-0.3, -0.25) is 19.2 Å². The van der Waals surface area contributed by atoms with E-state index in [0.717, 1.165) is 5.56 Å². The number of nitrogens with two attached hydrogens (primary N) is 1. The van der Waals surface area contributed by atoms with E-state index in [0.29, 0.717) is 29.3 Å². The van der Waals surface area contributed by atoms with Crippen LogP contribution in [-0.4, -0.2) is 64.2 Å². The van der Waals surface area contributed by atoms with Crippen LogP contribution in [0.1, 0.15) is 89.2 Å². The van der Waals surface area contributed by atoms with Crippen molar-refractivity contribution in [2.45, 2.75) is 65.1 Å². The van der Waals surface area contributed by atoms with E-state index in [1.54, 1.807) is 10.8 Å². The zero-order chi connectivity index (χ0) is 31.8. The molecule has 0 radical (unpaired) electrons. The fraction of sp³-hybridized carbons (Fsp3) is 0.484. The third kappa shape index (κ3) is 10.1. The third-order valence-corrected chi connectivity index (χ3v) is 9.11. The van der Waals surface area contributed by atoms with Gasteiger partial charge < -0.3 is 26.6 Å². The number of hydrogen-bond acceptors (Lipinski definition) is 9. The summed E-state index contributed by atoms with van der Waals surface area (Å²) in [6, 6.07) is 8.00. The average Bonchev–Trinajstić information content (AvgIpc) is 3.67. The van der Waals surface area contributed by atoms with Crippen molar-refractivity contribution in [1.82, 2.24) is 30.8 Å². The molecular weight excluding hydrogens is 634 g/mol. The molecule has 2 aromatic heterocycles. The number of carbonyl (C=O) groups is 4. The lowest BCUT2D eigenvalue weighted by Gasteiger charge is -2.27. The predicted molar refractivity (Wildman–Crippen MR) is 179 cm³/mol. The van der Waals surface area contributed by atoms with E-state index in [4.69, 9.17) is 5.73 Å². The number of hydrogen-bond donors (Lipinski definition) is 4. The second-order valence-corrected chi connectivity index (χ2v) is 13.5. The number of amides is 4. The van der Waals surface area contributed by atoms with Crippen molar-refractivity contribution in [3.63, 3.8) is 0 Å². The van der Waals surface area contributed by atoms with Crippen LogP contribution in [-0.2, 0) is 16.0 Å². The number of aromatic nitrogens is 2. The van der Waals surface area contributed by atoms with Gasteiger partial charge in [0.05, 0.1) is 24.7 Å². The van der Waals surface area contributed by atoms with E-state index in [9.17, 15) is 19.2 Å².